The smallest absolute Gasteiger partial charge is 0.325 e. The van der Waals surface area contributed by atoms with Crippen LogP contribution in [0.15, 0.2) is 52.9 Å². The summed E-state index contributed by atoms with van der Waals surface area (Å²) in [5.41, 5.74) is 0.0612. The molecule has 1 N–H and O–H groups in total. The molecule has 3 heterocycles. The van der Waals surface area contributed by atoms with E-state index in [4.69, 9.17) is 13.9 Å². The van der Waals surface area contributed by atoms with Crippen molar-refractivity contribution in [1.29, 1.82) is 0 Å². The number of nitrogens with one attached hydrogen (secondary N) is 1. The maximum Gasteiger partial charge on any atom is 0.325 e. The summed E-state index contributed by atoms with van der Waals surface area (Å²) < 4.78 is 16.7. The maximum atomic E-state index is 13.4. The lowest BCUT2D eigenvalue weighted by Gasteiger charge is -2.28. The zero-order valence-electron chi connectivity index (χ0n) is 19.9. The molecule has 3 aromatic rings. The first kappa shape index (κ1) is 22.8. The van der Waals surface area contributed by atoms with Crippen LogP contribution < -0.4 is 14.8 Å². The number of hydrogen-bond donors (Lipinski definition) is 1. The van der Waals surface area contributed by atoms with Gasteiger partial charge in [0, 0.05) is 17.5 Å². The number of carbonyl (C=O) groups excluding carboxylic acids is 3. The van der Waals surface area contributed by atoms with Crippen LogP contribution in [0, 0.1) is 0 Å². The Bertz CT molecular complexity index is 1280. The predicted molar refractivity (Wildman–Crippen MR) is 127 cm³/mol. The SMILES string of the molecule is COc1ccc(OC)c([C@@H]2CCCN2C(=O)CN2C(=O)N[C@@](C)(c3cc4ccccc4o3)C2=O)c1. The molecule has 2 aliphatic rings. The Balaban J connectivity index is 1.38. The number of ether oxygens (including phenoxy) is 2. The van der Waals surface area contributed by atoms with E-state index in [9.17, 15) is 14.4 Å². The van der Waals surface area contributed by atoms with Crippen LogP contribution in [0.4, 0.5) is 4.79 Å². The molecule has 0 bridgehead atoms. The van der Waals surface area contributed by atoms with Gasteiger partial charge in [-0.1, -0.05) is 18.2 Å². The minimum Gasteiger partial charge on any atom is -0.497 e. The Morgan fingerprint density at radius 3 is 2.69 bits per heavy atom. The van der Waals surface area contributed by atoms with E-state index in [1.807, 2.05) is 30.3 Å². The number of carbonyl (C=O) groups is 3. The monoisotopic (exact) mass is 477 g/mol. The molecule has 4 amide bonds. The van der Waals surface area contributed by atoms with Crippen LogP contribution in [0.25, 0.3) is 11.0 Å². The molecule has 0 aliphatic carbocycles. The molecule has 2 atom stereocenters. The number of hydrogen-bond acceptors (Lipinski definition) is 6. The summed E-state index contributed by atoms with van der Waals surface area (Å²) in [5.74, 6) is 0.810. The Kier molecular flexibility index (Phi) is 5.62. The van der Waals surface area contributed by atoms with E-state index in [0.717, 1.165) is 28.7 Å². The van der Waals surface area contributed by atoms with Crippen LogP contribution in [-0.2, 0) is 15.1 Å². The second-order valence-electron chi connectivity index (χ2n) is 8.95. The predicted octanol–water partition coefficient (Wildman–Crippen LogP) is 3.58. The van der Waals surface area contributed by atoms with Gasteiger partial charge < -0.3 is 24.1 Å². The molecule has 0 unspecified atom stereocenters. The number of para-hydroxylation sites is 1. The minimum absolute atomic E-state index is 0.241. The molecule has 0 saturated carbocycles. The Hall–Kier alpha value is -4.01. The van der Waals surface area contributed by atoms with Crippen molar-refractivity contribution in [2.45, 2.75) is 31.3 Å². The molecule has 2 fully saturated rings. The van der Waals surface area contributed by atoms with E-state index in [0.29, 0.717) is 29.4 Å². The number of benzene rings is 2. The third kappa shape index (κ3) is 3.77. The van der Waals surface area contributed by atoms with E-state index < -0.39 is 17.5 Å². The van der Waals surface area contributed by atoms with Gasteiger partial charge in [-0.15, -0.1) is 0 Å². The normalized spacial score (nSPS) is 22.1. The van der Waals surface area contributed by atoms with E-state index in [2.05, 4.69) is 5.32 Å². The third-order valence-corrected chi connectivity index (χ3v) is 6.86. The summed E-state index contributed by atoms with van der Waals surface area (Å²) in [6, 6.07) is 13.7. The van der Waals surface area contributed by atoms with Crippen molar-refractivity contribution in [2.75, 3.05) is 27.3 Å². The molecule has 0 radical (unpaired) electrons. The van der Waals surface area contributed by atoms with Crippen LogP contribution in [0.3, 0.4) is 0 Å². The quantitative estimate of drug-likeness (QED) is 0.545. The summed E-state index contributed by atoms with van der Waals surface area (Å²) >= 11 is 0. The molecule has 1 aromatic heterocycles. The van der Waals surface area contributed by atoms with Crippen LogP contribution in [0.5, 0.6) is 11.5 Å². The number of nitrogens with zero attached hydrogens (tertiary/aromatic N) is 2. The van der Waals surface area contributed by atoms with Crippen LogP contribution >= 0.6 is 0 Å². The lowest BCUT2D eigenvalue weighted by atomic mass is 9.99. The standard InChI is InChI=1S/C26H27N3O6/c1-26(22-13-16-7-4-5-9-20(16)35-22)24(31)29(25(32)27-26)15-23(30)28-12-6-8-19(28)18-14-17(33-2)10-11-21(18)34-3/h4-5,7,9-11,13-14,19H,6,8,12,15H2,1-3H3,(H,27,32)/t19-,26-/m0/s1. The number of imide groups is 1. The minimum atomic E-state index is -1.39. The van der Waals surface area contributed by atoms with Crippen LogP contribution in [-0.4, -0.2) is 55.0 Å². The fourth-order valence-corrected chi connectivity index (χ4v) is 4.95. The molecular weight excluding hydrogens is 450 g/mol. The molecular formula is C26H27N3O6. The summed E-state index contributed by atoms with van der Waals surface area (Å²) in [7, 11) is 3.17. The fourth-order valence-electron chi connectivity index (χ4n) is 4.95. The van der Waals surface area contributed by atoms with Gasteiger partial charge in [-0.3, -0.25) is 14.5 Å². The largest absolute Gasteiger partial charge is 0.497 e. The topological polar surface area (TPSA) is 101 Å². The zero-order valence-corrected chi connectivity index (χ0v) is 19.9. The first-order valence-electron chi connectivity index (χ1n) is 11.5. The van der Waals surface area contributed by atoms with E-state index in [1.165, 1.54) is 0 Å². The number of urea groups is 1. The average Bonchev–Trinajstić information content (AvgIpc) is 3.58. The molecule has 0 spiro atoms. The summed E-state index contributed by atoms with van der Waals surface area (Å²) in [5, 5.41) is 3.54. The van der Waals surface area contributed by atoms with Gasteiger partial charge in [0.15, 0.2) is 5.54 Å². The Morgan fingerprint density at radius 1 is 1.14 bits per heavy atom. The van der Waals surface area contributed by atoms with Gasteiger partial charge in [-0.25, -0.2) is 4.79 Å². The third-order valence-electron chi connectivity index (χ3n) is 6.86. The number of likely N-dealkylation sites (tertiary alicyclic amines) is 1. The molecule has 5 rings (SSSR count). The zero-order chi connectivity index (χ0) is 24.7. The highest BCUT2D eigenvalue weighted by molar-refractivity contribution is 6.09. The second kappa shape index (κ2) is 8.65. The van der Waals surface area contributed by atoms with Crippen LogP contribution in [0.2, 0.25) is 0 Å². The molecule has 182 valence electrons. The molecule has 2 aromatic carbocycles. The van der Waals surface area contributed by atoms with E-state index in [1.54, 1.807) is 44.2 Å². The van der Waals surface area contributed by atoms with Gasteiger partial charge in [0.2, 0.25) is 5.91 Å². The second-order valence-corrected chi connectivity index (χ2v) is 8.95. The highest BCUT2D eigenvalue weighted by Gasteiger charge is 2.52. The van der Waals surface area contributed by atoms with E-state index in [-0.39, 0.29) is 18.5 Å². The summed E-state index contributed by atoms with van der Waals surface area (Å²) in [4.78, 5) is 42.2. The molecule has 2 aliphatic heterocycles. The molecule has 2 saturated heterocycles. The maximum absolute atomic E-state index is 13.4. The molecule has 35 heavy (non-hydrogen) atoms. The first-order valence-corrected chi connectivity index (χ1v) is 11.5. The Morgan fingerprint density at radius 2 is 1.94 bits per heavy atom. The highest BCUT2D eigenvalue weighted by atomic mass is 16.5. The highest BCUT2D eigenvalue weighted by Crippen LogP contribution is 2.39. The average molecular weight is 478 g/mol. The number of fused-ring (bicyclic) bond motifs is 1. The van der Waals surface area contributed by atoms with Crippen molar-refractivity contribution in [3.63, 3.8) is 0 Å². The first-order chi connectivity index (χ1) is 16.9. The van der Waals surface area contributed by atoms with Gasteiger partial charge in [-0.2, -0.15) is 0 Å². The van der Waals surface area contributed by atoms with Gasteiger partial charge in [0.05, 0.1) is 20.3 Å². The Labute approximate surface area is 202 Å². The summed E-state index contributed by atoms with van der Waals surface area (Å²) in [6.07, 6.45) is 1.54. The fraction of sp³-hybridized carbons (Fsp3) is 0.346. The van der Waals surface area contributed by atoms with Gasteiger partial charge in [0.1, 0.15) is 29.4 Å². The van der Waals surface area contributed by atoms with E-state index >= 15 is 0 Å². The lowest BCUT2D eigenvalue weighted by Crippen LogP contribution is -2.44. The van der Waals surface area contributed by atoms with Gasteiger partial charge >= 0.3 is 6.03 Å². The number of methoxy groups -OCH3 is 2. The van der Waals surface area contributed by atoms with Crippen molar-refractivity contribution < 1.29 is 28.3 Å². The van der Waals surface area contributed by atoms with Crippen molar-refractivity contribution in [1.82, 2.24) is 15.1 Å². The van der Waals surface area contributed by atoms with Crippen molar-refractivity contribution in [3.8, 4) is 11.5 Å². The van der Waals surface area contributed by atoms with Gasteiger partial charge in [-0.05, 0) is 50.1 Å². The van der Waals surface area contributed by atoms with Gasteiger partial charge in [0.25, 0.3) is 5.91 Å². The number of furan rings is 1. The lowest BCUT2D eigenvalue weighted by molar-refractivity contribution is -0.139. The van der Waals surface area contributed by atoms with Crippen molar-refractivity contribution in [3.05, 3.63) is 59.9 Å². The summed E-state index contributed by atoms with van der Waals surface area (Å²) in [6.45, 7) is 1.76. The molecule has 9 heteroatoms. The molecule has 9 nitrogen and oxygen atoms in total. The number of rotatable bonds is 6. The van der Waals surface area contributed by atoms with Crippen molar-refractivity contribution in [2.24, 2.45) is 0 Å². The number of amides is 4. The van der Waals surface area contributed by atoms with Crippen molar-refractivity contribution >= 4 is 28.8 Å². The van der Waals surface area contributed by atoms with Crippen LogP contribution in [0.1, 0.15) is 37.1 Å².